The van der Waals surface area contributed by atoms with Crippen molar-refractivity contribution in [3.8, 4) is 0 Å². The van der Waals surface area contributed by atoms with E-state index in [-0.39, 0.29) is 17.1 Å². The Balaban J connectivity index is 2.06. The summed E-state index contributed by atoms with van der Waals surface area (Å²) >= 11 is 12.2. The van der Waals surface area contributed by atoms with Crippen molar-refractivity contribution in [2.24, 2.45) is 0 Å². The van der Waals surface area contributed by atoms with Crippen molar-refractivity contribution < 1.29 is 14.3 Å². The molecule has 0 N–H and O–H groups in total. The Bertz CT molecular complexity index is 968. The molecule has 0 aliphatic carbocycles. The van der Waals surface area contributed by atoms with Crippen LogP contribution in [0.5, 0.6) is 0 Å². The number of ether oxygens (including phenoxy) is 1. The predicted molar refractivity (Wildman–Crippen MR) is 104 cm³/mol. The van der Waals surface area contributed by atoms with E-state index < -0.39 is 5.97 Å². The number of benzene rings is 1. The van der Waals surface area contributed by atoms with E-state index in [1.165, 1.54) is 12.0 Å². The zero-order valence-electron chi connectivity index (χ0n) is 14.7. The van der Waals surface area contributed by atoms with Gasteiger partial charge in [-0.1, -0.05) is 35.3 Å². The Morgan fingerprint density at radius 3 is 2.70 bits per heavy atom. The highest BCUT2D eigenvalue weighted by Crippen LogP contribution is 2.34. The number of carbonyl (C=O) groups is 2. The fourth-order valence-electron chi connectivity index (χ4n) is 2.87. The molecule has 0 saturated carbocycles. The van der Waals surface area contributed by atoms with Crippen molar-refractivity contribution in [2.45, 2.75) is 13.5 Å². The van der Waals surface area contributed by atoms with Gasteiger partial charge in [0.25, 0.3) is 5.91 Å². The van der Waals surface area contributed by atoms with Crippen LogP contribution >= 0.6 is 23.2 Å². The minimum Gasteiger partial charge on any atom is -0.465 e. The average molecular weight is 403 g/mol. The van der Waals surface area contributed by atoms with Crippen molar-refractivity contribution >= 4 is 41.2 Å². The minimum atomic E-state index is -0.578. The smallest absolute Gasteiger partial charge is 0.340 e. The molecule has 1 aromatic heterocycles. The summed E-state index contributed by atoms with van der Waals surface area (Å²) in [4.78, 5) is 31.0. The normalized spacial score (nSPS) is 15.6. The molecule has 2 heterocycles. The molecule has 3 rings (SSSR count). The molecular weight excluding hydrogens is 387 g/mol. The highest BCUT2D eigenvalue weighted by molar-refractivity contribution is 6.35. The third kappa shape index (κ3) is 3.89. The van der Waals surface area contributed by atoms with Crippen molar-refractivity contribution in [2.75, 3.05) is 7.11 Å². The number of pyridine rings is 1. The fraction of sp³-hybridized carbons (Fsp3) is 0.150. The lowest BCUT2D eigenvalue weighted by molar-refractivity contribution is -0.136. The van der Waals surface area contributed by atoms with Crippen LogP contribution in [0.4, 0.5) is 0 Å². The minimum absolute atomic E-state index is 0.220. The Morgan fingerprint density at radius 2 is 2.07 bits per heavy atom. The summed E-state index contributed by atoms with van der Waals surface area (Å²) in [5.41, 5.74) is 2.40. The molecule has 138 valence electrons. The van der Waals surface area contributed by atoms with Crippen LogP contribution in [-0.4, -0.2) is 28.9 Å². The zero-order chi connectivity index (χ0) is 19.6. The van der Waals surface area contributed by atoms with Gasteiger partial charge in [0, 0.05) is 28.1 Å². The predicted octanol–water partition coefficient (Wildman–Crippen LogP) is 4.26. The SMILES string of the molecule is COC(=O)C1=C(C)N(Cc2cccnc2)C(=O)/C1=C\c1ccc(Cl)cc1Cl. The lowest BCUT2D eigenvalue weighted by Crippen LogP contribution is -2.24. The maximum absolute atomic E-state index is 13.1. The van der Waals surface area contributed by atoms with Gasteiger partial charge in [-0.3, -0.25) is 9.78 Å². The Hall–Kier alpha value is -2.63. The Kier molecular flexibility index (Phi) is 5.63. The highest BCUT2D eigenvalue weighted by atomic mass is 35.5. The Labute approximate surface area is 166 Å². The summed E-state index contributed by atoms with van der Waals surface area (Å²) in [6.45, 7) is 2.01. The molecule has 1 aliphatic rings. The summed E-state index contributed by atoms with van der Waals surface area (Å²) in [5, 5.41) is 0.869. The second kappa shape index (κ2) is 7.94. The van der Waals surface area contributed by atoms with E-state index in [1.807, 2.05) is 6.07 Å². The van der Waals surface area contributed by atoms with Gasteiger partial charge in [0.15, 0.2) is 0 Å². The van der Waals surface area contributed by atoms with Crippen molar-refractivity contribution in [3.05, 3.63) is 80.7 Å². The van der Waals surface area contributed by atoms with Crippen LogP contribution in [0.2, 0.25) is 10.0 Å². The molecule has 7 heteroatoms. The monoisotopic (exact) mass is 402 g/mol. The van der Waals surface area contributed by atoms with E-state index in [4.69, 9.17) is 27.9 Å². The number of aromatic nitrogens is 1. The van der Waals surface area contributed by atoms with E-state index >= 15 is 0 Å². The van der Waals surface area contributed by atoms with Gasteiger partial charge >= 0.3 is 5.97 Å². The standard InChI is InChI=1S/C20H16Cl2N2O3/c1-12-18(20(26)27-2)16(8-14-5-6-15(21)9-17(14)22)19(25)24(12)11-13-4-3-7-23-10-13/h3-10H,11H2,1-2H3/b16-8-. The summed E-state index contributed by atoms with van der Waals surface area (Å²) in [6.07, 6.45) is 4.92. The molecule has 1 amide bonds. The lowest BCUT2D eigenvalue weighted by Gasteiger charge is -2.17. The first-order valence-electron chi connectivity index (χ1n) is 8.09. The maximum Gasteiger partial charge on any atom is 0.340 e. The topological polar surface area (TPSA) is 59.5 Å². The van der Waals surface area contributed by atoms with Crippen LogP contribution in [0.1, 0.15) is 18.1 Å². The number of esters is 1. The van der Waals surface area contributed by atoms with E-state index in [0.717, 1.165) is 5.56 Å². The largest absolute Gasteiger partial charge is 0.465 e. The number of hydrogen-bond donors (Lipinski definition) is 0. The first-order valence-corrected chi connectivity index (χ1v) is 8.85. The molecule has 0 bridgehead atoms. The van der Waals surface area contributed by atoms with Crippen molar-refractivity contribution in [1.82, 2.24) is 9.88 Å². The number of allylic oxidation sites excluding steroid dienone is 1. The number of rotatable bonds is 4. The summed E-state index contributed by atoms with van der Waals surface area (Å²) < 4.78 is 4.89. The third-order valence-corrected chi connectivity index (χ3v) is 4.79. The fourth-order valence-corrected chi connectivity index (χ4v) is 3.33. The summed E-state index contributed by atoms with van der Waals surface area (Å²) in [5.74, 6) is -0.881. The van der Waals surface area contributed by atoms with Gasteiger partial charge in [0.05, 0.1) is 24.8 Å². The molecule has 0 spiro atoms. The van der Waals surface area contributed by atoms with E-state index in [2.05, 4.69) is 4.98 Å². The molecule has 0 fully saturated rings. The number of hydrogen-bond acceptors (Lipinski definition) is 4. The average Bonchev–Trinajstić information content (AvgIpc) is 2.88. The van der Waals surface area contributed by atoms with Gasteiger partial charge in [0.2, 0.25) is 0 Å². The highest BCUT2D eigenvalue weighted by Gasteiger charge is 2.37. The summed E-state index contributed by atoms with van der Waals surface area (Å²) in [6, 6.07) is 8.60. The molecule has 1 aliphatic heterocycles. The van der Waals surface area contributed by atoms with Crippen LogP contribution in [0.15, 0.2) is 59.6 Å². The van der Waals surface area contributed by atoms with Gasteiger partial charge in [-0.15, -0.1) is 0 Å². The van der Waals surface area contributed by atoms with Gasteiger partial charge < -0.3 is 9.64 Å². The van der Waals surface area contributed by atoms with Crippen LogP contribution in [0, 0.1) is 0 Å². The molecule has 2 aromatic rings. The number of methoxy groups -OCH3 is 1. The zero-order valence-corrected chi connectivity index (χ0v) is 16.2. The van der Waals surface area contributed by atoms with Crippen molar-refractivity contribution in [3.63, 3.8) is 0 Å². The van der Waals surface area contributed by atoms with Crippen LogP contribution < -0.4 is 0 Å². The molecule has 1 aromatic carbocycles. The van der Waals surface area contributed by atoms with Gasteiger partial charge in [-0.05, 0) is 42.3 Å². The number of carbonyl (C=O) groups excluding carboxylic acids is 2. The lowest BCUT2D eigenvalue weighted by atomic mass is 10.0. The first kappa shape index (κ1) is 19.1. The van der Waals surface area contributed by atoms with Gasteiger partial charge in [0.1, 0.15) is 0 Å². The second-order valence-electron chi connectivity index (χ2n) is 5.93. The van der Waals surface area contributed by atoms with E-state index in [9.17, 15) is 9.59 Å². The Morgan fingerprint density at radius 1 is 1.30 bits per heavy atom. The number of halogens is 2. The van der Waals surface area contributed by atoms with Crippen LogP contribution in [0.3, 0.4) is 0 Å². The molecule has 0 atom stereocenters. The molecule has 27 heavy (non-hydrogen) atoms. The van der Waals surface area contributed by atoms with Crippen LogP contribution in [-0.2, 0) is 20.9 Å². The van der Waals surface area contributed by atoms with Gasteiger partial charge in [-0.25, -0.2) is 4.79 Å². The quantitative estimate of drug-likeness (QED) is 0.566. The molecule has 0 saturated heterocycles. The van der Waals surface area contributed by atoms with Gasteiger partial charge in [-0.2, -0.15) is 0 Å². The second-order valence-corrected chi connectivity index (χ2v) is 6.77. The number of nitrogens with zero attached hydrogens (tertiary/aromatic N) is 2. The molecular formula is C20H16Cl2N2O3. The molecule has 5 nitrogen and oxygen atoms in total. The van der Waals surface area contributed by atoms with E-state index in [0.29, 0.717) is 27.9 Å². The van der Waals surface area contributed by atoms with Crippen LogP contribution in [0.25, 0.3) is 6.08 Å². The molecule has 0 radical (unpaired) electrons. The molecule has 0 unspecified atom stereocenters. The van der Waals surface area contributed by atoms with E-state index in [1.54, 1.807) is 49.7 Å². The first-order chi connectivity index (χ1) is 12.9. The third-order valence-electron chi connectivity index (χ3n) is 4.23. The number of amides is 1. The maximum atomic E-state index is 13.1. The van der Waals surface area contributed by atoms with Crippen molar-refractivity contribution in [1.29, 1.82) is 0 Å². The summed E-state index contributed by atoms with van der Waals surface area (Å²) in [7, 11) is 1.28.